The van der Waals surface area contributed by atoms with Crippen molar-refractivity contribution >= 4 is 17.9 Å². The van der Waals surface area contributed by atoms with Crippen LogP contribution in [0.25, 0.3) is 0 Å². The van der Waals surface area contributed by atoms with Gasteiger partial charge >= 0.3 is 6.16 Å². The van der Waals surface area contributed by atoms with Crippen molar-refractivity contribution in [3.05, 3.63) is 0 Å². The summed E-state index contributed by atoms with van der Waals surface area (Å²) >= 11 is 1.59. The van der Waals surface area contributed by atoms with E-state index in [1.165, 1.54) is 6.42 Å². The predicted molar refractivity (Wildman–Crippen MR) is 39.2 cm³/mol. The van der Waals surface area contributed by atoms with E-state index in [9.17, 15) is 4.79 Å². The minimum Gasteiger partial charge on any atom is -0.450 e. The van der Waals surface area contributed by atoms with Crippen LogP contribution in [0.4, 0.5) is 4.79 Å². The van der Waals surface area contributed by atoms with Crippen LogP contribution in [0.5, 0.6) is 0 Å². The number of carbonyl (C=O) groups is 1. The van der Waals surface area contributed by atoms with Gasteiger partial charge in [0.15, 0.2) is 5.44 Å². The molecule has 0 aliphatic carbocycles. The Hall–Kier alpha value is -0.380. The molecule has 1 N–H and O–H groups in total. The highest BCUT2D eigenvalue weighted by molar-refractivity contribution is 7.99. The van der Waals surface area contributed by atoms with Crippen LogP contribution >= 0.6 is 11.8 Å². The van der Waals surface area contributed by atoms with Crippen LogP contribution in [0.15, 0.2) is 0 Å². The van der Waals surface area contributed by atoms with Crippen LogP contribution in [-0.2, 0) is 4.74 Å². The van der Waals surface area contributed by atoms with E-state index in [0.29, 0.717) is 0 Å². The second kappa shape index (κ2) is 3.71. The first-order valence-corrected chi connectivity index (χ1v) is 4.35. The molecule has 1 rings (SSSR count). The number of carboxylic acid groups (broad SMARTS) is 1. The average Bonchev–Trinajstić information content (AvgIpc) is 1.88. The fourth-order valence-electron chi connectivity index (χ4n) is 0.917. The summed E-state index contributed by atoms with van der Waals surface area (Å²) in [5, 5.41) is 8.23. The van der Waals surface area contributed by atoms with Crippen molar-refractivity contribution in [1.82, 2.24) is 0 Å². The van der Waals surface area contributed by atoms with Gasteiger partial charge in [-0.3, -0.25) is 0 Å². The molecule has 0 aromatic rings. The third-order valence-corrected chi connectivity index (χ3v) is 2.60. The number of thioether (sulfide) groups is 1. The van der Waals surface area contributed by atoms with Gasteiger partial charge in [0.1, 0.15) is 0 Å². The summed E-state index contributed by atoms with van der Waals surface area (Å²) in [6, 6.07) is 0. The van der Waals surface area contributed by atoms with Gasteiger partial charge in [-0.15, -0.1) is 11.8 Å². The van der Waals surface area contributed by atoms with Gasteiger partial charge in [-0.05, 0) is 25.0 Å². The maximum Gasteiger partial charge on any atom is 0.506 e. The molecule has 0 radical (unpaired) electrons. The van der Waals surface area contributed by atoms with Crippen LogP contribution in [0.1, 0.15) is 19.3 Å². The molecule has 10 heavy (non-hydrogen) atoms. The van der Waals surface area contributed by atoms with E-state index in [-0.39, 0.29) is 5.44 Å². The first-order valence-electron chi connectivity index (χ1n) is 3.30. The number of hydrogen-bond acceptors (Lipinski definition) is 3. The molecule has 0 aromatic carbocycles. The average molecular weight is 162 g/mol. The van der Waals surface area contributed by atoms with Gasteiger partial charge < -0.3 is 9.84 Å². The molecule has 1 unspecified atom stereocenters. The van der Waals surface area contributed by atoms with Gasteiger partial charge in [0, 0.05) is 0 Å². The first kappa shape index (κ1) is 7.72. The minimum absolute atomic E-state index is 0.105. The zero-order chi connectivity index (χ0) is 7.40. The predicted octanol–water partition coefficient (Wildman–Crippen LogP) is 1.92. The maximum absolute atomic E-state index is 10.0. The Bertz CT molecular complexity index is 120. The Kier molecular flexibility index (Phi) is 2.86. The lowest BCUT2D eigenvalue weighted by Crippen LogP contribution is -2.16. The number of hydrogen-bond donors (Lipinski definition) is 1. The van der Waals surface area contributed by atoms with Crippen molar-refractivity contribution in [3.63, 3.8) is 0 Å². The lowest BCUT2D eigenvalue weighted by atomic mass is 10.2. The Morgan fingerprint density at radius 2 is 2.40 bits per heavy atom. The summed E-state index contributed by atoms with van der Waals surface area (Å²) in [6.07, 6.45) is 1.99. The molecule has 1 saturated heterocycles. The van der Waals surface area contributed by atoms with Crippen molar-refractivity contribution in [2.24, 2.45) is 0 Å². The standard InChI is InChI=1S/C6H10O3S/c7-6(8)9-5-3-1-2-4-10-5/h5H,1-4H2,(H,7,8). The summed E-state index contributed by atoms with van der Waals surface area (Å²) in [5.74, 6) is 1.03. The van der Waals surface area contributed by atoms with Crippen LogP contribution < -0.4 is 0 Å². The molecule has 1 aliphatic heterocycles. The highest BCUT2D eigenvalue weighted by atomic mass is 32.2. The molecule has 3 nitrogen and oxygen atoms in total. The van der Waals surface area contributed by atoms with Gasteiger partial charge in [-0.1, -0.05) is 0 Å². The van der Waals surface area contributed by atoms with E-state index in [1.807, 2.05) is 0 Å². The molecule has 0 aromatic heterocycles. The summed E-state index contributed by atoms with van der Waals surface area (Å²) in [4.78, 5) is 10.0. The molecule has 1 fully saturated rings. The molecule has 0 saturated carbocycles. The maximum atomic E-state index is 10.0. The zero-order valence-corrected chi connectivity index (χ0v) is 6.39. The second-order valence-corrected chi connectivity index (χ2v) is 3.45. The lowest BCUT2D eigenvalue weighted by Gasteiger charge is -2.19. The molecular formula is C6H10O3S. The van der Waals surface area contributed by atoms with Crippen LogP contribution in [0, 0.1) is 0 Å². The van der Waals surface area contributed by atoms with E-state index < -0.39 is 6.16 Å². The van der Waals surface area contributed by atoms with Gasteiger partial charge in [0.25, 0.3) is 0 Å². The third kappa shape index (κ3) is 2.47. The van der Waals surface area contributed by atoms with E-state index in [4.69, 9.17) is 5.11 Å². The Labute approximate surface area is 63.8 Å². The molecular weight excluding hydrogens is 152 g/mol. The molecule has 0 amide bonds. The van der Waals surface area contributed by atoms with Crippen LogP contribution in [0.3, 0.4) is 0 Å². The SMILES string of the molecule is O=C(O)OC1CCCCS1. The molecule has 0 bridgehead atoms. The molecule has 4 heteroatoms. The summed E-state index contributed by atoms with van der Waals surface area (Å²) < 4.78 is 4.57. The zero-order valence-electron chi connectivity index (χ0n) is 5.58. The number of rotatable bonds is 1. The molecule has 1 aliphatic rings. The molecule has 58 valence electrons. The number of ether oxygens (including phenoxy) is 1. The summed E-state index contributed by atoms with van der Waals surface area (Å²) in [7, 11) is 0. The van der Waals surface area contributed by atoms with E-state index in [2.05, 4.69) is 4.74 Å². The fourth-order valence-corrected chi connectivity index (χ4v) is 2.03. The van der Waals surface area contributed by atoms with Gasteiger partial charge in [0.05, 0.1) is 0 Å². The van der Waals surface area contributed by atoms with Crippen LogP contribution in [0.2, 0.25) is 0 Å². The molecule has 0 spiro atoms. The third-order valence-electron chi connectivity index (χ3n) is 1.37. The molecule has 1 atom stereocenters. The van der Waals surface area contributed by atoms with Crippen molar-refractivity contribution in [2.45, 2.75) is 24.7 Å². The Balaban J connectivity index is 2.19. The monoisotopic (exact) mass is 162 g/mol. The van der Waals surface area contributed by atoms with E-state index in [1.54, 1.807) is 11.8 Å². The fraction of sp³-hybridized carbons (Fsp3) is 0.833. The highest BCUT2D eigenvalue weighted by Gasteiger charge is 2.16. The van der Waals surface area contributed by atoms with Crippen LogP contribution in [-0.4, -0.2) is 22.5 Å². The van der Waals surface area contributed by atoms with Crippen molar-refractivity contribution in [1.29, 1.82) is 0 Å². The van der Waals surface area contributed by atoms with E-state index in [0.717, 1.165) is 18.6 Å². The van der Waals surface area contributed by atoms with E-state index >= 15 is 0 Å². The normalized spacial score (nSPS) is 25.8. The highest BCUT2D eigenvalue weighted by Crippen LogP contribution is 2.25. The van der Waals surface area contributed by atoms with Crippen molar-refractivity contribution < 1.29 is 14.6 Å². The smallest absolute Gasteiger partial charge is 0.450 e. The Morgan fingerprint density at radius 3 is 2.90 bits per heavy atom. The van der Waals surface area contributed by atoms with Crippen molar-refractivity contribution in [3.8, 4) is 0 Å². The van der Waals surface area contributed by atoms with Gasteiger partial charge in [-0.2, -0.15) is 0 Å². The topological polar surface area (TPSA) is 46.5 Å². The molecule has 1 heterocycles. The summed E-state index contributed by atoms with van der Waals surface area (Å²) in [6.45, 7) is 0. The quantitative estimate of drug-likeness (QED) is 0.598. The summed E-state index contributed by atoms with van der Waals surface area (Å²) in [5.41, 5.74) is -0.105. The lowest BCUT2D eigenvalue weighted by molar-refractivity contribution is 0.0781. The first-order chi connectivity index (χ1) is 4.79. The largest absolute Gasteiger partial charge is 0.506 e. The van der Waals surface area contributed by atoms with Gasteiger partial charge in [0.2, 0.25) is 0 Å². The Morgan fingerprint density at radius 1 is 1.60 bits per heavy atom. The van der Waals surface area contributed by atoms with Crippen molar-refractivity contribution in [2.75, 3.05) is 5.75 Å². The minimum atomic E-state index is -1.15. The van der Waals surface area contributed by atoms with Gasteiger partial charge in [-0.25, -0.2) is 4.79 Å². The second-order valence-electron chi connectivity index (χ2n) is 2.18.